The fourth-order valence-electron chi connectivity index (χ4n) is 2.70. The molecule has 6 unspecified atom stereocenters. The minimum Gasteiger partial charge on any atom is -0.360 e. The maximum Gasteiger partial charge on any atom is 0.271 e. The van der Waals surface area contributed by atoms with Gasteiger partial charge in [0.15, 0.2) is 0 Å². The Morgan fingerprint density at radius 1 is 1.47 bits per heavy atom. The van der Waals surface area contributed by atoms with Crippen LogP contribution in [0.25, 0.3) is 0 Å². The second kappa shape index (κ2) is 4.10. The fourth-order valence-corrected chi connectivity index (χ4v) is 7.10. The molecule has 0 radical (unpaired) electrons. The fraction of sp³-hybridized carbons (Fsp3) is 1.00. The van der Waals surface area contributed by atoms with Gasteiger partial charge in [0.25, 0.3) is 10.1 Å². The molecule has 98 valence electrons. The lowest BCUT2D eigenvalue weighted by Crippen LogP contribution is -2.42. The summed E-state index contributed by atoms with van der Waals surface area (Å²) in [6.07, 6.45) is 0.314. The van der Waals surface area contributed by atoms with Crippen LogP contribution in [-0.2, 0) is 19.0 Å². The molecule has 2 bridgehead atoms. The lowest BCUT2D eigenvalue weighted by molar-refractivity contribution is -0.0381. The quantitative estimate of drug-likeness (QED) is 0.577. The van der Waals surface area contributed by atoms with E-state index in [0.717, 1.165) is 0 Å². The number of fused-ring (bicyclic) bond motifs is 1. The molecule has 3 rings (SSSR count). The summed E-state index contributed by atoms with van der Waals surface area (Å²) >= 11 is 5.21. The van der Waals surface area contributed by atoms with E-state index in [1.807, 2.05) is 0 Å². The summed E-state index contributed by atoms with van der Waals surface area (Å²) in [6, 6.07) is 0. The van der Waals surface area contributed by atoms with E-state index in [9.17, 15) is 8.42 Å². The molecule has 3 heterocycles. The molecule has 0 aliphatic carbocycles. The predicted octanol–water partition coefficient (Wildman–Crippen LogP) is 1.73. The molecule has 0 N–H and O–H groups in total. The molecule has 0 saturated carbocycles. The van der Waals surface area contributed by atoms with Gasteiger partial charge in [-0.15, -0.1) is 11.8 Å². The third-order valence-corrected chi connectivity index (χ3v) is 8.49. The van der Waals surface area contributed by atoms with Crippen molar-refractivity contribution in [1.29, 1.82) is 0 Å². The molecule has 17 heavy (non-hydrogen) atoms. The molecular formula is C10H15BrO4S2. The van der Waals surface area contributed by atoms with Crippen molar-refractivity contribution in [2.75, 3.05) is 0 Å². The van der Waals surface area contributed by atoms with Crippen LogP contribution in [-0.4, -0.2) is 41.4 Å². The van der Waals surface area contributed by atoms with Crippen molar-refractivity contribution in [3.05, 3.63) is 0 Å². The summed E-state index contributed by atoms with van der Waals surface area (Å²) in [5, 5.41) is 0.0147. The van der Waals surface area contributed by atoms with Crippen molar-refractivity contribution >= 4 is 37.8 Å². The third kappa shape index (κ3) is 1.89. The van der Waals surface area contributed by atoms with Crippen molar-refractivity contribution in [3.8, 4) is 0 Å². The highest BCUT2D eigenvalue weighted by molar-refractivity contribution is 9.09. The Hall–Kier alpha value is 0.700. The van der Waals surface area contributed by atoms with E-state index in [2.05, 4.69) is 29.8 Å². The normalized spacial score (nSPS) is 47.9. The van der Waals surface area contributed by atoms with Crippen LogP contribution in [0.2, 0.25) is 0 Å². The van der Waals surface area contributed by atoms with Crippen LogP contribution in [0.1, 0.15) is 20.3 Å². The molecule has 6 atom stereocenters. The van der Waals surface area contributed by atoms with Crippen molar-refractivity contribution in [2.45, 2.75) is 53.2 Å². The van der Waals surface area contributed by atoms with E-state index in [1.54, 1.807) is 11.8 Å². The Kier molecular flexibility index (Phi) is 3.06. The Morgan fingerprint density at radius 2 is 2.18 bits per heavy atom. The average Bonchev–Trinajstić information content (AvgIpc) is 2.81. The van der Waals surface area contributed by atoms with Gasteiger partial charge in [-0.2, -0.15) is 8.42 Å². The van der Waals surface area contributed by atoms with Gasteiger partial charge in [-0.3, -0.25) is 4.18 Å². The van der Waals surface area contributed by atoms with E-state index in [1.165, 1.54) is 0 Å². The number of hydrogen-bond donors (Lipinski definition) is 0. The molecule has 7 heteroatoms. The zero-order chi connectivity index (χ0) is 12.4. The minimum absolute atomic E-state index is 0.0437. The molecular weight excluding hydrogens is 328 g/mol. The Morgan fingerprint density at radius 3 is 2.82 bits per heavy atom. The van der Waals surface area contributed by atoms with E-state index in [4.69, 9.17) is 8.92 Å². The standard InChI is InChI=1S/C10H15BrO4S2/c1-4(2)10(11)14-7-5-3-6-9(16-5)8(7)15-17(6,12)13/h4-10H,3H2,1-2H3. The SMILES string of the molecule is CC(C)C(Br)OC1C2CC3C(S2)C1OS3(=O)=O. The number of thioether (sulfide) groups is 1. The second-order valence-corrected chi connectivity index (χ2v) is 9.27. The molecule has 0 aromatic carbocycles. The average molecular weight is 343 g/mol. The molecule has 3 saturated heterocycles. The highest BCUT2D eigenvalue weighted by atomic mass is 79.9. The first kappa shape index (κ1) is 12.7. The van der Waals surface area contributed by atoms with Crippen molar-refractivity contribution < 1.29 is 17.3 Å². The number of alkyl halides is 1. The van der Waals surface area contributed by atoms with Gasteiger partial charge >= 0.3 is 0 Å². The van der Waals surface area contributed by atoms with E-state index >= 15 is 0 Å². The molecule has 0 amide bonds. The molecule has 3 aliphatic rings. The Labute approximate surface area is 114 Å². The molecule has 3 aliphatic heterocycles. The predicted molar refractivity (Wildman–Crippen MR) is 69.8 cm³/mol. The van der Waals surface area contributed by atoms with Gasteiger partial charge in [0, 0.05) is 5.25 Å². The van der Waals surface area contributed by atoms with Gasteiger partial charge in [0.1, 0.15) is 16.4 Å². The van der Waals surface area contributed by atoms with Crippen molar-refractivity contribution in [2.24, 2.45) is 5.92 Å². The smallest absolute Gasteiger partial charge is 0.271 e. The molecule has 0 aromatic rings. The first-order valence-corrected chi connectivity index (χ1v) is 9.10. The second-order valence-electron chi connectivity index (χ2n) is 5.16. The highest BCUT2D eigenvalue weighted by Gasteiger charge is 2.65. The summed E-state index contributed by atoms with van der Waals surface area (Å²) in [5.41, 5.74) is 0. The van der Waals surface area contributed by atoms with E-state index in [0.29, 0.717) is 12.3 Å². The summed E-state index contributed by atoms with van der Waals surface area (Å²) < 4.78 is 34.6. The molecule has 0 spiro atoms. The van der Waals surface area contributed by atoms with Crippen LogP contribution in [0.3, 0.4) is 0 Å². The van der Waals surface area contributed by atoms with Crippen LogP contribution in [0.4, 0.5) is 0 Å². The van der Waals surface area contributed by atoms with Gasteiger partial charge in [0.05, 0.1) is 11.4 Å². The summed E-state index contributed by atoms with van der Waals surface area (Å²) in [6.45, 7) is 4.13. The molecule has 4 nitrogen and oxygen atoms in total. The Balaban J connectivity index is 1.78. The van der Waals surface area contributed by atoms with Crippen LogP contribution in [0, 0.1) is 5.92 Å². The maximum absolute atomic E-state index is 11.7. The minimum atomic E-state index is -3.34. The van der Waals surface area contributed by atoms with Gasteiger partial charge < -0.3 is 4.74 Å². The number of halogens is 1. The lowest BCUT2D eigenvalue weighted by atomic mass is 9.94. The van der Waals surface area contributed by atoms with Crippen molar-refractivity contribution in [3.63, 3.8) is 0 Å². The summed E-state index contributed by atoms with van der Waals surface area (Å²) in [7, 11) is -3.34. The Bertz CT molecular complexity index is 424. The van der Waals surface area contributed by atoms with E-state index < -0.39 is 10.1 Å². The highest BCUT2D eigenvalue weighted by Crippen LogP contribution is 2.56. The first-order chi connectivity index (χ1) is 7.90. The van der Waals surface area contributed by atoms with Crippen LogP contribution in [0.15, 0.2) is 0 Å². The van der Waals surface area contributed by atoms with Gasteiger partial charge in [-0.05, 0) is 12.3 Å². The van der Waals surface area contributed by atoms with Gasteiger partial charge in [-0.25, -0.2) is 0 Å². The van der Waals surface area contributed by atoms with Crippen LogP contribution in [0.5, 0.6) is 0 Å². The molecule has 3 fully saturated rings. The monoisotopic (exact) mass is 342 g/mol. The molecule has 0 aromatic heterocycles. The number of ether oxygens (including phenoxy) is 1. The van der Waals surface area contributed by atoms with Gasteiger partial charge in [-0.1, -0.05) is 29.8 Å². The first-order valence-electron chi connectivity index (χ1n) is 5.77. The number of rotatable bonds is 3. The van der Waals surface area contributed by atoms with Crippen LogP contribution < -0.4 is 0 Å². The third-order valence-electron chi connectivity index (χ3n) is 3.60. The zero-order valence-electron chi connectivity index (χ0n) is 9.58. The summed E-state index contributed by atoms with van der Waals surface area (Å²) in [4.78, 5) is 0. The topological polar surface area (TPSA) is 52.6 Å². The van der Waals surface area contributed by atoms with E-state index in [-0.39, 0.29) is 33.0 Å². The zero-order valence-corrected chi connectivity index (χ0v) is 12.8. The lowest BCUT2D eigenvalue weighted by Gasteiger charge is -2.27. The summed E-state index contributed by atoms with van der Waals surface area (Å²) in [5.74, 6) is 0.355. The van der Waals surface area contributed by atoms with Crippen molar-refractivity contribution in [1.82, 2.24) is 0 Å². The maximum atomic E-state index is 11.7. The number of hydrogen-bond acceptors (Lipinski definition) is 5. The van der Waals surface area contributed by atoms with Gasteiger partial charge in [0.2, 0.25) is 0 Å². The largest absolute Gasteiger partial charge is 0.360 e. The van der Waals surface area contributed by atoms with Crippen LogP contribution >= 0.6 is 27.7 Å².